The Balaban J connectivity index is 0.000000415. The van der Waals surface area contributed by atoms with Crippen molar-refractivity contribution in [2.45, 2.75) is 88.2 Å². The highest BCUT2D eigenvalue weighted by Gasteiger charge is 2.42. The van der Waals surface area contributed by atoms with Gasteiger partial charge in [0.2, 0.25) is 0 Å². The Morgan fingerprint density at radius 2 is 0.899 bits per heavy atom. The number of amides is 2. The number of carbonyl (C=O) groups excluding carboxylic acids is 4. The van der Waals surface area contributed by atoms with Gasteiger partial charge in [0.15, 0.2) is 0 Å². The number of nitrogens with one attached hydrogen (secondary N) is 2. The minimum atomic E-state index is -5.05. The molecule has 0 aliphatic rings. The van der Waals surface area contributed by atoms with Gasteiger partial charge in [-0.05, 0) is 84.6 Å². The smallest absolute Gasteiger partial charge is 0.349 e. The summed E-state index contributed by atoms with van der Waals surface area (Å²) in [5.74, 6) is -7.98. The number of rotatable bonds is 20. The molecule has 0 saturated carbocycles. The number of hydrogen-bond acceptors (Lipinski definition) is 7. The first-order chi connectivity index (χ1) is 36.1. The number of Topliss-reactive ketones (excluding diaryl/α,β-unsaturated/α-hetero) is 2. The number of halogens is 18. The zero-order chi connectivity index (χ0) is 60.3. The lowest BCUT2D eigenvalue weighted by Crippen LogP contribution is -2.35. The van der Waals surface area contributed by atoms with Crippen LogP contribution >= 0.6 is 69.6 Å². The SMILES string of the molecule is C[C@H](CC(=O)CCS(C)(=O)=O)NC(=O)c1ccc(/C=C/C(c2cc(Cl)c(Cl)c(Cl)c2)C(F)(F)F)cc1C(F)(F)F.C[C@H](CC(=O)CCS(C)=O)NC(=O)c1ccc(/C=C/C(c2cc(Cl)c(Cl)c(Cl)c2)C(F)(F)F)cc1C(F)(F)F. The second-order valence-electron chi connectivity index (χ2n) is 17.6. The molecule has 0 aliphatic carbocycles. The standard InChI is InChI=1S/C25H22Cl3F6NO4S.C25H22Cl3F6NO3S/c1-13(9-16(36)7-8-40(2,38)39)35-23(37)17-5-3-14(10-19(17)25(32,33)34)4-6-18(24(29,30)31)15-11-20(26)22(28)21(27)12-15;1-13(9-16(36)7-8-39(2)38)35-23(37)17-5-3-14(10-19(17)25(32,33)34)4-6-18(24(29,30)31)15-11-20(26)22(28)21(27)12-15/h3-6,10-13,18H,7-9H2,1-2H3,(H,35,37);3-6,10-13,18H,7-9H2,1-2H3,(H,35,37)/b2*6-4+/t13-,18?;13-,18?,39?/m11/s1. The highest BCUT2D eigenvalue weighted by Crippen LogP contribution is 2.43. The molecule has 4 aromatic carbocycles. The first-order valence-electron chi connectivity index (χ1n) is 22.4. The molecule has 4 aromatic rings. The Labute approximate surface area is 477 Å². The number of allylic oxidation sites excluding steroid dienone is 2. The van der Waals surface area contributed by atoms with E-state index in [1.807, 2.05) is 0 Å². The van der Waals surface area contributed by atoms with Crippen molar-refractivity contribution in [3.8, 4) is 0 Å². The molecule has 0 spiro atoms. The molecule has 3 unspecified atom stereocenters. The summed E-state index contributed by atoms with van der Waals surface area (Å²) < 4.78 is 199. The Kier molecular flexibility index (Phi) is 24.9. The van der Waals surface area contributed by atoms with E-state index in [9.17, 15) is 84.5 Å². The van der Waals surface area contributed by atoms with E-state index in [0.717, 1.165) is 66.9 Å². The van der Waals surface area contributed by atoms with Crippen LogP contribution in [-0.4, -0.2) is 84.5 Å². The van der Waals surface area contributed by atoms with Gasteiger partial charge in [0, 0.05) is 66.8 Å². The van der Waals surface area contributed by atoms with Crippen molar-refractivity contribution >= 4 is 126 Å². The monoisotopic (exact) mass is 1290 g/mol. The maximum atomic E-state index is 13.8. The molecular weight excluding hydrogens is 1250 g/mol. The molecule has 29 heteroatoms. The minimum Gasteiger partial charge on any atom is -0.349 e. The highest BCUT2D eigenvalue weighted by molar-refractivity contribution is 7.90. The molecule has 0 heterocycles. The Bertz CT molecular complexity index is 3050. The summed E-state index contributed by atoms with van der Waals surface area (Å²) in [4.78, 5) is 49.0. The van der Waals surface area contributed by atoms with Gasteiger partial charge in [0.05, 0.1) is 70.0 Å². The quantitative estimate of drug-likeness (QED) is 0.0662. The fraction of sp³-hybridized carbons (Fsp3) is 0.360. The Morgan fingerprint density at radius 3 is 1.19 bits per heavy atom. The van der Waals surface area contributed by atoms with Crippen LogP contribution < -0.4 is 10.6 Å². The average molecular weight is 1290 g/mol. The summed E-state index contributed by atoms with van der Waals surface area (Å²) in [7, 11) is -4.60. The van der Waals surface area contributed by atoms with Gasteiger partial charge in [-0.3, -0.25) is 23.4 Å². The van der Waals surface area contributed by atoms with Gasteiger partial charge in [-0.2, -0.15) is 52.7 Å². The summed E-state index contributed by atoms with van der Waals surface area (Å²) >= 11 is 34.9. The summed E-state index contributed by atoms with van der Waals surface area (Å²) in [6.45, 7) is 2.78. The van der Waals surface area contributed by atoms with Crippen molar-refractivity contribution in [1.29, 1.82) is 0 Å². The van der Waals surface area contributed by atoms with Gasteiger partial charge in [-0.15, -0.1) is 0 Å². The largest absolute Gasteiger partial charge is 0.417 e. The van der Waals surface area contributed by atoms with E-state index in [1.54, 1.807) is 0 Å². The van der Waals surface area contributed by atoms with Crippen molar-refractivity contribution in [3.63, 3.8) is 0 Å². The van der Waals surface area contributed by atoms with Gasteiger partial charge < -0.3 is 10.6 Å². The highest BCUT2D eigenvalue weighted by atomic mass is 35.5. The van der Waals surface area contributed by atoms with Gasteiger partial charge in [-0.1, -0.05) is 106 Å². The van der Waals surface area contributed by atoms with Crippen molar-refractivity contribution in [2.24, 2.45) is 0 Å². The number of benzene rings is 4. The summed E-state index contributed by atoms with van der Waals surface area (Å²) in [5.41, 5.74) is -5.68. The van der Waals surface area contributed by atoms with E-state index in [2.05, 4.69) is 10.6 Å². The predicted octanol–water partition coefficient (Wildman–Crippen LogP) is 15.4. The van der Waals surface area contributed by atoms with Crippen molar-refractivity contribution < 1.29 is 84.5 Å². The Hall–Kier alpha value is -4.36. The summed E-state index contributed by atoms with van der Waals surface area (Å²) in [6, 6.07) is 6.85. The molecule has 4 rings (SSSR count). The fourth-order valence-corrected chi connectivity index (χ4v) is 9.43. The minimum absolute atomic E-state index is 0.00843. The summed E-state index contributed by atoms with van der Waals surface area (Å²) in [5, 5.41) is 3.32. The molecule has 0 saturated heterocycles. The number of ketones is 2. The number of alkyl halides is 12. The molecule has 434 valence electrons. The van der Waals surface area contributed by atoms with E-state index in [1.165, 1.54) is 20.1 Å². The van der Waals surface area contributed by atoms with Crippen molar-refractivity contribution in [1.82, 2.24) is 10.6 Å². The molecule has 5 atom stereocenters. The first kappa shape index (κ1) is 68.9. The molecule has 2 amide bonds. The van der Waals surface area contributed by atoms with E-state index >= 15 is 0 Å². The van der Waals surface area contributed by atoms with E-state index in [4.69, 9.17) is 69.6 Å². The second kappa shape index (κ2) is 28.6. The molecule has 79 heavy (non-hydrogen) atoms. The first-order valence-corrected chi connectivity index (χ1v) is 28.5. The molecule has 0 aromatic heterocycles. The van der Waals surface area contributed by atoms with E-state index in [0.29, 0.717) is 24.3 Å². The number of carbonyl (C=O) groups is 4. The van der Waals surface area contributed by atoms with E-state index < -0.39 is 120 Å². The van der Waals surface area contributed by atoms with Crippen LogP contribution in [0.15, 0.2) is 72.8 Å². The number of hydrogen-bond donors (Lipinski definition) is 2. The molecule has 9 nitrogen and oxygen atoms in total. The van der Waals surface area contributed by atoms with Crippen LogP contribution in [0, 0.1) is 0 Å². The van der Waals surface area contributed by atoms with Crippen molar-refractivity contribution in [2.75, 3.05) is 24.0 Å². The molecule has 0 aliphatic heterocycles. The lowest BCUT2D eigenvalue weighted by atomic mass is 9.96. The third kappa shape index (κ3) is 22.1. The predicted molar refractivity (Wildman–Crippen MR) is 282 cm³/mol. The van der Waals surface area contributed by atoms with Crippen LogP contribution in [0.3, 0.4) is 0 Å². The second-order valence-corrected chi connectivity index (χ2v) is 23.8. The van der Waals surface area contributed by atoms with Crippen LogP contribution in [0.1, 0.15) is 105 Å². The third-order valence-electron chi connectivity index (χ3n) is 10.8. The zero-order valence-corrected chi connectivity index (χ0v) is 47.3. The van der Waals surface area contributed by atoms with Crippen LogP contribution in [0.5, 0.6) is 0 Å². The molecule has 0 radical (unpaired) electrons. The maximum absolute atomic E-state index is 13.8. The van der Waals surface area contributed by atoms with Gasteiger partial charge >= 0.3 is 24.7 Å². The third-order valence-corrected chi connectivity index (χ3v) is 14.9. The maximum Gasteiger partial charge on any atom is 0.417 e. The van der Waals surface area contributed by atoms with Gasteiger partial charge in [-0.25, -0.2) is 8.42 Å². The topological polar surface area (TPSA) is 144 Å². The fourth-order valence-electron chi connectivity index (χ4n) is 7.09. The van der Waals surface area contributed by atoms with E-state index in [-0.39, 0.29) is 84.0 Å². The van der Waals surface area contributed by atoms with Gasteiger partial charge in [0.25, 0.3) is 11.8 Å². The summed E-state index contributed by atoms with van der Waals surface area (Å²) in [6.07, 6.45) is -15.3. The number of sulfone groups is 1. The van der Waals surface area contributed by atoms with Crippen molar-refractivity contribution in [3.05, 3.63) is 147 Å². The Morgan fingerprint density at radius 1 is 0.570 bits per heavy atom. The average Bonchev–Trinajstić information content (AvgIpc) is 3.29. The van der Waals surface area contributed by atoms with Crippen LogP contribution in [0.4, 0.5) is 52.7 Å². The normalized spacial score (nSPS) is 14.5. The molecule has 0 bridgehead atoms. The molecule has 2 N–H and O–H groups in total. The lowest BCUT2D eigenvalue weighted by molar-refractivity contribution is -0.140. The van der Waals surface area contributed by atoms with Gasteiger partial charge in [0.1, 0.15) is 21.4 Å². The van der Waals surface area contributed by atoms with Crippen LogP contribution in [0.25, 0.3) is 12.2 Å². The lowest BCUT2D eigenvalue weighted by Gasteiger charge is -2.19. The van der Waals surface area contributed by atoms with Crippen LogP contribution in [0.2, 0.25) is 30.1 Å². The molecular formula is C50H44Cl6F12N2O7S2. The zero-order valence-electron chi connectivity index (χ0n) is 41.1. The van der Waals surface area contributed by atoms with Crippen LogP contribution in [-0.2, 0) is 42.6 Å². The molecule has 0 fully saturated rings.